The SMILES string of the molecule is COCCN(CCN)c1ccc(Br)c(C)n1. The number of halogens is 1. The minimum Gasteiger partial charge on any atom is -0.383 e. The summed E-state index contributed by atoms with van der Waals surface area (Å²) in [6.07, 6.45) is 0. The van der Waals surface area contributed by atoms with Crippen molar-refractivity contribution in [3.63, 3.8) is 0 Å². The lowest BCUT2D eigenvalue weighted by Gasteiger charge is -2.23. The van der Waals surface area contributed by atoms with Crippen LogP contribution in [0.1, 0.15) is 5.69 Å². The number of nitrogens with zero attached hydrogens (tertiary/aromatic N) is 2. The number of pyridine rings is 1. The third-order valence-electron chi connectivity index (χ3n) is 2.29. The van der Waals surface area contributed by atoms with Gasteiger partial charge in [-0.1, -0.05) is 0 Å². The Balaban J connectivity index is 2.78. The van der Waals surface area contributed by atoms with Gasteiger partial charge in [-0.05, 0) is 35.0 Å². The Morgan fingerprint density at radius 2 is 2.19 bits per heavy atom. The molecule has 0 saturated heterocycles. The fraction of sp³-hybridized carbons (Fsp3) is 0.545. The third-order valence-corrected chi connectivity index (χ3v) is 3.13. The summed E-state index contributed by atoms with van der Waals surface area (Å²) >= 11 is 3.44. The van der Waals surface area contributed by atoms with Gasteiger partial charge in [-0.15, -0.1) is 0 Å². The highest BCUT2D eigenvalue weighted by Gasteiger charge is 2.07. The van der Waals surface area contributed by atoms with Crippen molar-refractivity contribution in [3.05, 3.63) is 22.3 Å². The van der Waals surface area contributed by atoms with Gasteiger partial charge in [0.1, 0.15) is 5.82 Å². The molecule has 0 amide bonds. The zero-order valence-electron chi connectivity index (χ0n) is 9.74. The van der Waals surface area contributed by atoms with E-state index in [-0.39, 0.29) is 0 Å². The minimum atomic E-state index is 0.612. The van der Waals surface area contributed by atoms with Gasteiger partial charge in [-0.2, -0.15) is 0 Å². The Morgan fingerprint density at radius 1 is 1.44 bits per heavy atom. The maximum Gasteiger partial charge on any atom is 0.128 e. The van der Waals surface area contributed by atoms with E-state index in [0.29, 0.717) is 13.2 Å². The maximum absolute atomic E-state index is 5.59. The van der Waals surface area contributed by atoms with Gasteiger partial charge in [0, 0.05) is 31.2 Å². The number of aromatic nitrogens is 1. The fourth-order valence-electron chi connectivity index (χ4n) is 1.41. The van der Waals surface area contributed by atoms with Crippen molar-refractivity contribution in [2.24, 2.45) is 5.73 Å². The Morgan fingerprint density at radius 3 is 2.75 bits per heavy atom. The second-order valence-corrected chi connectivity index (χ2v) is 4.36. The predicted molar refractivity (Wildman–Crippen MR) is 69.8 cm³/mol. The van der Waals surface area contributed by atoms with Crippen molar-refractivity contribution < 1.29 is 4.74 Å². The summed E-state index contributed by atoms with van der Waals surface area (Å²) in [5.74, 6) is 0.947. The molecule has 1 aromatic heterocycles. The van der Waals surface area contributed by atoms with E-state index in [1.807, 2.05) is 19.1 Å². The molecule has 0 aliphatic rings. The van der Waals surface area contributed by atoms with Gasteiger partial charge < -0.3 is 15.4 Å². The first-order valence-electron chi connectivity index (χ1n) is 5.26. The molecule has 5 heteroatoms. The molecule has 0 aliphatic carbocycles. The summed E-state index contributed by atoms with van der Waals surface area (Å²) in [6, 6.07) is 4.00. The molecule has 1 rings (SSSR count). The minimum absolute atomic E-state index is 0.612. The van der Waals surface area contributed by atoms with Crippen LogP contribution in [0.4, 0.5) is 5.82 Å². The highest BCUT2D eigenvalue weighted by molar-refractivity contribution is 9.10. The Labute approximate surface area is 105 Å². The Bertz CT molecular complexity index is 333. The topological polar surface area (TPSA) is 51.4 Å². The van der Waals surface area contributed by atoms with Gasteiger partial charge in [-0.3, -0.25) is 0 Å². The van der Waals surface area contributed by atoms with E-state index >= 15 is 0 Å². The second kappa shape index (κ2) is 6.83. The monoisotopic (exact) mass is 287 g/mol. The molecule has 4 nitrogen and oxygen atoms in total. The zero-order chi connectivity index (χ0) is 12.0. The molecule has 0 atom stereocenters. The molecule has 0 unspecified atom stereocenters. The highest BCUT2D eigenvalue weighted by atomic mass is 79.9. The quantitative estimate of drug-likeness (QED) is 0.863. The molecular weight excluding hydrogens is 270 g/mol. The van der Waals surface area contributed by atoms with Crippen molar-refractivity contribution in [3.8, 4) is 0 Å². The standard InChI is InChI=1S/C11H18BrN3O/c1-9-10(12)3-4-11(14-9)15(6-5-13)7-8-16-2/h3-4H,5-8,13H2,1-2H3. The van der Waals surface area contributed by atoms with E-state index in [0.717, 1.165) is 29.1 Å². The zero-order valence-corrected chi connectivity index (χ0v) is 11.3. The average molecular weight is 288 g/mol. The smallest absolute Gasteiger partial charge is 0.128 e. The van der Waals surface area contributed by atoms with Gasteiger partial charge in [0.15, 0.2) is 0 Å². The van der Waals surface area contributed by atoms with Gasteiger partial charge in [-0.25, -0.2) is 4.98 Å². The Hall–Kier alpha value is -0.650. The first-order valence-corrected chi connectivity index (χ1v) is 6.05. The lowest BCUT2D eigenvalue weighted by atomic mass is 10.3. The number of anilines is 1. The summed E-state index contributed by atoms with van der Waals surface area (Å²) in [5.41, 5.74) is 6.57. The molecule has 0 fully saturated rings. The van der Waals surface area contributed by atoms with Crippen molar-refractivity contribution in [2.75, 3.05) is 38.3 Å². The van der Waals surface area contributed by atoms with Crippen LogP contribution in [0.3, 0.4) is 0 Å². The molecule has 0 saturated carbocycles. The molecule has 0 aromatic carbocycles. The van der Waals surface area contributed by atoms with Crippen LogP contribution in [-0.4, -0.2) is 38.3 Å². The Kier molecular flexibility index (Phi) is 5.73. The number of methoxy groups -OCH3 is 1. The summed E-state index contributed by atoms with van der Waals surface area (Å²) in [4.78, 5) is 6.64. The summed E-state index contributed by atoms with van der Waals surface area (Å²) in [6.45, 7) is 4.86. The van der Waals surface area contributed by atoms with Crippen LogP contribution in [0.2, 0.25) is 0 Å². The summed E-state index contributed by atoms with van der Waals surface area (Å²) < 4.78 is 6.10. The first kappa shape index (κ1) is 13.4. The van der Waals surface area contributed by atoms with Gasteiger partial charge in [0.05, 0.1) is 12.3 Å². The van der Waals surface area contributed by atoms with Gasteiger partial charge >= 0.3 is 0 Å². The number of hydrogen-bond donors (Lipinski definition) is 1. The van der Waals surface area contributed by atoms with Crippen molar-refractivity contribution in [1.82, 2.24) is 4.98 Å². The van der Waals surface area contributed by atoms with E-state index in [1.165, 1.54) is 0 Å². The molecule has 0 spiro atoms. The molecular formula is C11H18BrN3O. The molecule has 16 heavy (non-hydrogen) atoms. The number of hydrogen-bond acceptors (Lipinski definition) is 4. The molecule has 0 aliphatic heterocycles. The highest BCUT2D eigenvalue weighted by Crippen LogP contribution is 2.18. The predicted octanol–water partition coefficient (Wildman–Crippen LogP) is 1.56. The van der Waals surface area contributed by atoms with Crippen LogP contribution < -0.4 is 10.6 Å². The van der Waals surface area contributed by atoms with Crippen LogP contribution in [0.15, 0.2) is 16.6 Å². The van der Waals surface area contributed by atoms with E-state index in [2.05, 4.69) is 25.8 Å². The number of aryl methyl sites for hydroxylation is 1. The number of nitrogens with two attached hydrogens (primary N) is 1. The molecule has 90 valence electrons. The van der Waals surface area contributed by atoms with Crippen molar-refractivity contribution >= 4 is 21.7 Å². The van der Waals surface area contributed by atoms with E-state index in [4.69, 9.17) is 10.5 Å². The van der Waals surface area contributed by atoms with Gasteiger partial charge in [0.2, 0.25) is 0 Å². The van der Waals surface area contributed by atoms with E-state index in [9.17, 15) is 0 Å². The summed E-state index contributed by atoms with van der Waals surface area (Å²) in [7, 11) is 1.70. The van der Waals surface area contributed by atoms with Crippen LogP contribution in [0.25, 0.3) is 0 Å². The van der Waals surface area contributed by atoms with Crippen LogP contribution in [0, 0.1) is 6.92 Å². The number of rotatable bonds is 6. The lowest BCUT2D eigenvalue weighted by Crippen LogP contribution is -2.33. The third kappa shape index (κ3) is 3.73. The first-order chi connectivity index (χ1) is 7.69. The van der Waals surface area contributed by atoms with Crippen LogP contribution in [-0.2, 0) is 4.74 Å². The van der Waals surface area contributed by atoms with E-state index < -0.39 is 0 Å². The van der Waals surface area contributed by atoms with Crippen LogP contribution in [0.5, 0.6) is 0 Å². The molecule has 0 radical (unpaired) electrons. The summed E-state index contributed by atoms with van der Waals surface area (Å²) in [5, 5.41) is 0. The van der Waals surface area contributed by atoms with Crippen LogP contribution >= 0.6 is 15.9 Å². The second-order valence-electron chi connectivity index (χ2n) is 3.51. The molecule has 1 aromatic rings. The normalized spacial score (nSPS) is 10.5. The maximum atomic E-state index is 5.59. The molecule has 1 heterocycles. The molecule has 0 bridgehead atoms. The fourth-order valence-corrected chi connectivity index (χ4v) is 1.63. The average Bonchev–Trinajstić information content (AvgIpc) is 2.28. The molecule has 2 N–H and O–H groups in total. The van der Waals surface area contributed by atoms with Gasteiger partial charge in [0.25, 0.3) is 0 Å². The van der Waals surface area contributed by atoms with Crippen molar-refractivity contribution in [1.29, 1.82) is 0 Å². The number of ether oxygens (including phenoxy) is 1. The van der Waals surface area contributed by atoms with E-state index in [1.54, 1.807) is 7.11 Å². The lowest BCUT2D eigenvalue weighted by molar-refractivity contribution is 0.205. The largest absolute Gasteiger partial charge is 0.383 e. The van der Waals surface area contributed by atoms with Crippen molar-refractivity contribution in [2.45, 2.75) is 6.92 Å².